The zero-order valence-corrected chi connectivity index (χ0v) is 14.7. The highest BCUT2D eigenvalue weighted by atomic mass is 16.2. The summed E-state index contributed by atoms with van der Waals surface area (Å²) >= 11 is 0. The molecule has 2 aliphatic heterocycles. The predicted octanol–water partition coefficient (Wildman–Crippen LogP) is 0.866. The number of hydrogen-bond donors (Lipinski definition) is 2. The molecule has 132 valence electrons. The van der Waals surface area contributed by atoms with Crippen LogP contribution in [0.1, 0.15) is 61.3 Å². The second-order valence-corrected chi connectivity index (χ2v) is 7.63. The number of rotatable bonds is 4. The molecule has 7 heteroatoms. The molecule has 0 spiro atoms. The van der Waals surface area contributed by atoms with E-state index in [2.05, 4.69) is 32.8 Å². The normalized spacial score (nSPS) is 29.1. The lowest BCUT2D eigenvalue weighted by molar-refractivity contribution is 0.0931. The highest BCUT2D eigenvalue weighted by Gasteiger charge is 2.39. The van der Waals surface area contributed by atoms with Crippen molar-refractivity contribution in [3.63, 3.8) is 0 Å². The van der Waals surface area contributed by atoms with Crippen molar-refractivity contribution in [2.45, 2.75) is 70.1 Å². The number of nitrogens with zero attached hydrogens (tertiary/aromatic N) is 4. The van der Waals surface area contributed by atoms with Crippen LogP contribution in [0.4, 0.5) is 0 Å². The van der Waals surface area contributed by atoms with Crippen LogP contribution in [-0.2, 0) is 0 Å². The number of nitrogens with one attached hydrogen (secondary N) is 2. The van der Waals surface area contributed by atoms with Crippen LogP contribution >= 0.6 is 0 Å². The number of hydrogen-bond acceptors (Lipinski definition) is 5. The van der Waals surface area contributed by atoms with Gasteiger partial charge >= 0.3 is 0 Å². The van der Waals surface area contributed by atoms with E-state index in [1.807, 2.05) is 11.6 Å². The fourth-order valence-electron chi connectivity index (χ4n) is 4.28. The zero-order chi connectivity index (χ0) is 16.7. The minimum Gasteiger partial charge on any atom is -0.346 e. The SMILES string of the molecule is Cc1c(C(=O)N[C@@H]2C[C@@H](C)N(C3CC3)C2)nnn1C1CCNCC1. The number of piperidine rings is 1. The molecule has 1 saturated carbocycles. The first-order valence-corrected chi connectivity index (χ1v) is 9.32. The summed E-state index contributed by atoms with van der Waals surface area (Å²) in [4.78, 5) is 15.2. The molecule has 0 unspecified atom stereocenters. The van der Waals surface area contributed by atoms with Gasteiger partial charge in [0.1, 0.15) is 0 Å². The summed E-state index contributed by atoms with van der Waals surface area (Å²) in [5, 5.41) is 15.0. The van der Waals surface area contributed by atoms with Crippen molar-refractivity contribution in [1.82, 2.24) is 30.5 Å². The molecule has 1 aromatic rings. The van der Waals surface area contributed by atoms with Gasteiger partial charge in [-0.15, -0.1) is 5.10 Å². The van der Waals surface area contributed by atoms with Gasteiger partial charge in [0.2, 0.25) is 0 Å². The van der Waals surface area contributed by atoms with Gasteiger partial charge < -0.3 is 10.6 Å². The van der Waals surface area contributed by atoms with E-state index in [0.29, 0.717) is 17.8 Å². The van der Waals surface area contributed by atoms with E-state index < -0.39 is 0 Å². The molecule has 24 heavy (non-hydrogen) atoms. The van der Waals surface area contributed by atoms with Gasteiger partial charge in [0.05, 0.1) is 11.7 Å². The average molecular weight is 332 g/mol. The molecule has 1 aromatic heterocycles. The van der Waals surface area contributed by atoms with Crippen LogP contribution in [-0.4, -0.2) is 63.6 Å². The molecule has 4 rings (SSSR count). The van der Waals surface area contributed by atoms with Crippen LogP contribution in [0.15, 0.2) is 0 Å². The summed E-state index contributed by atoms with van der Waals surface area (Å²) in [7, 11) is 0. The molecular weight excluding hydrogens is 304 g/mol. The van der Waals surface area contributed by atoms with Crippen molar-refractivity contribution in [3.05, 3.63) is 11.4 Å². The van der Waals surface area contributed by atoms with E-state index in [1.54, 1.807) is 0 Å². The fraction of sp³-hybridized carbons (Fsp3) is 0.824. The minimum atomic E-state index is -0.0671. The van der Waals surface area contributed by atoms with Gasteiger partial charge in [0, 0.05) is 24.7 Å². The molecule has 1 amide bonds. The van der Waals surface area contributed by atoms with Gasteiger partial charge in [0.15, 0.2) is 5.69 Å². The molecule has 1 aliphatic carbocycles. The molecule has 7 nitrogen and oxygen atoms in total. The lowest BCUT2D eigenvalue weighted by atomic mass is 10.1. The Morgan fingerprint density at radius 3 is 2.67 bits per heavy atom. The third-order valence-corrected chi connectivity index (χ3v) is 5.77. The molecular formula is C17H28N6O. The Bertz CT molecular complexity index is 604. The number of likely N-dealkylation sites (tertiary alicyclic amines) is 1. The summed E-state index contributed by atoms with van der Waals surface area (Å²) in [6.45, 7) is 7.21. The molecule has 0 aromatic carbocycles. The summed E-state index contributed by atoms with van der Waals surface area (Å²) in [6, 6.07) is 1.91. The summed E-state index contributed by atoms with van der Waals surface area (Å²) < 4.78 is 1.95. The van der Waals surface area contributed by atoms with E-state index >= 15 is 0 Å². The molecule has 2 saturated heterocycles. The Kier molecular flexibility index (Phi) is 4.30. The Morgan fingerprint density at radius 1 is 1.21 bits per heavy atom. The molecule has 3 aliphatic rings. The van der Waals surface area contributed by atoms with Crippen LogP contribution in [0.2, 0.25) is 0 Å². The Morgan fingerprint density at radius 2 is 1.96 bits per heavy atom. The van der Waals surface area contributed by atoms with Crippen molar-refractivity contribution in [2.24, 2.45) is 0 Å². The number of carbonyl (C=O) groups is 1. The monoisotopic (exact) mass is 332 g/mol. The first-order chi connectivity index (χ1) is 11.6. The van der Waals surface area contributed by atoms with Crippen LogP contribution in [0.3, 0.4) is 0 Å². The van der Waals surface area contributed by atoms with E-state index in [4.69, 9.17) is 0 Å². The van der Waals surface area contributed by atoms with Gasteiger partial charge in [-0.3, -0.25) is 9.69 Å². The lowest BCUT2D eigenvalue weighted by Crippen LogP contribution is -2.38. The largest absolute Gasteiger partial charge is 0.346 e. The van der Waals surface area contributed by atoms with Crippen LogP contribution in [0, 0.1) is 6.92 Å². The molecule has 0 radical (unpaired) electrons. The van der Waals surface area contributed by atoms with Crippen molar-refractivity contribution in [1.29, 1.82) is 0 Å². The van der Waals surface area contributed by atoms with Gasteiger partial charge in [-0.1, -0.05) is 5.21 Å². The summed E-state index contributed by atoms with van der Waals surface area (Å²) in [5.41, 5.74) is 1.38. The number of aromatic nitrogens is 3. The molecule has 3 heterocycles. The van der Waals surface area contributed by atoms with Crippen molar-refractivity contribution in [2.75, 3.05) is 19.6 Å². The third-order valence-electron chi connectivity index (χ3n) is 5.77. The Hall–Kier alpha value is -1.47. The van der Waals surface area contributed by atoms with Crippen LogP contribution < -0.4 is 10.6 Å². The number of amides is 1. The van der Waals surface area contributed by atoms with Gasteiger partial charge in [-0.2, -0.15) is 0 Å². The van der Waals surface area contributed by atoms with Crippen LogP contribution in [0.5, 0.6) is 0 Å². The van der Waals surface area contributed by atoms with Crippen molar-refractivity contribution in [3.8, 4) is 0 Å². The van der Waals surface area contributed by atoms with Gasteiger partial charge in [-0.05, 0) is 59.0 Å². The highest BCUT2D eigenvalue weighted by Crippen LogP contribution is 2.33. The maximum Gasteiger partial charge on any atom is 0.274 e. The van der Waals surface area contributed by atoms with Gasteiger partial charge in [0.25, 0.3) is 5.91 Å². The Labute approximate surface area is 143 Å². The summed E-state index contributed by atoms with van der Waals surface area (Å²) in [6.07, 6.45) is 5.75. The minimum absolute atomic E-state index is 0.0671. The van der Waals surface area contributed by atoms with Crippen molar-refractivity contribution >= 4 is 5.91 Å². The quantitative estimate of drug-likeness (QED) is 0.856. The second-order valence-electron chi connectivity index (χ2n) is 7.63. The highest BCUT2D eigenvalue weighted by molar-refractivity contribution is 5.93. The van der Waals surface area contributed by atoms with Crippen molar-refractivity contribution < 1.29 is 4.79 Å². The first-order valence-electron chi connectivity index (χ1n) is 9.32. The Balaban J connectivity index is 1.40. The van der Waals surface area contributed by atoms with E-state index in [1.165, 1.54) is 12.8 Å². The third kappa shape index (κ3) is 3.07. The standard InChI is InChI=1S/C17H28N6O/c1-11-9-13(10-22(11)14-3-4-14)19-17(24)16-12(2)23(21-20-16)15-5-7-18-8-6-15/h11,13-15,18H,3-10H2,1-2H3,(H,19,24)/t11-,13-/m1/s1. The zero-order valence-electron chi connectivity index (χ0n) is 14.7. The van der Waals surface area contributed by atoms with E-state index in [-0.39, 0.29) is 11.9 Å². The van der Waals surface area contributed by atoms with Crippen LogP contribution in [0.25, 0.3) is 0 Å². The maximum absolute atomic E-state index is 12.7. The van der Waals surface area contributed by atoms with E-state index in [0.717, 1.165) is 50.6 Å². The molecule has 2 N–H and O–H groups in total. The molecule has 3 fully saturated rings. The van der Waals surface area contributed by atoms with Gasteiger partial charge in [-0.25, -0.2) is 4.68 Å². The predicted molar refractivity (Wildman–Crippen MR) is 91.0 cm³/mol. The fourth-order valence-corrected chi connectivity index (χ4v) is 4.28. The summed E-state index contributed by atoms with van der Waals surface area (Å²) in [5.74, 6) is -0.0671. The molecule has 2 atom stereocenters. The second kappa shape index (κ2) is 6.44. The maximum atomic E-state index is 12.7. The average Bonchev–Trinajstić information content (AvgIpc) is 3.25. The lowest BCUT2D eigenvalue weighted by Gasteiger charge is -2.23. The topological polar surface area (TPSA) is 75.1 Å². The smallest absolute Gasteiger partial charge is 0.274 e. The van der Waals surface area contributed by atoms with E-state index in [9.17, 15) is 4.79 Å². The first kappa shape index (κ1) is 16.0. The number of carbonyl (C=O) groups excluding carboxylic acids is 1. The molecule has 0 bridgehead atoms.